The number of para-hydroxylation sites is 1. The Hall–Kier alpha value is -2.73. The van der Waals surface area contributed by atoms with Crippen LogP contribution < -0.4 is 9.64 Å². The van der Waals surface area contributed by atoms with Gasteiger partial charge in [-0.05, 0) is 36.4 Å². The van der Waals surface area contributed by atoms with Crippen molar-refractivity contribution in [1.82, 2.24) is 4.98 Å². The number of amides is 2. The summed E-state index contributed by atoms with van der Waals surface area (Å²) in [6, 6.07) is 15.0. The predicted molar refractivity (Wildman–Crippen MR) is 92.1 cm³/mol. The molecule has 0 N–H and O–H groups in total. The quantitative estimate of drug-likeness (QED) is 0.683. The fourth-order valence-corrected chi connectivity index (χ4v) is 3.56. The van der Waals surface area contributed by atoms with E-state index in [0.717, 1.165) is 15.2 Å². The molecule has 0 radical (unpaired) electrons. The molecule has 0 spiro atoms. The molecule has 2 amide bonds. The van der Waals surface area contributed by atoms with Gasteiger partial charge in [-0.15, -0.1) is 11.3 Å². The van der Waals surface area contributed by atoms with Crippen LogP contribution in [0.2, 0.25) is 0 Å². The molecule has 0 aliphatic carbocycles. The molecule has 5 nitrogen and oxygen atoms in total. The second kappa shape index (κ2) is 6.05. The molecule has 2 heterocycles. The molecule has 1 saturated heterocycles. The maximum atomic E-state index is 11.7. The van der Waals surface area contributed by atoms with Crippen molar-refractivity contribution in [1.29, 1.82) is 0 Å². The lowest BCUT2D eigenvalue weighted by atomic mass is 10.3. The molecule has 0 bridgehead atoms. The first-order valence-electron chi connectivity index (χ1n) is 7.64. The molecule has 0 atom stereocenters. The number of anilines is 1. The summed E-state index contributed by atoms with van der Waals surface area (Å²) in [6.07, 6.45) is 0.573. The van der Waals surface area contributed by atoms with E-state index in [1.807, 2.05) is 24.3 Å². The summed E-state index contributed by atoms with van der Waals surface area (Å²) in [5, 5.41) is 0.908. The molecule has 2 aromatic carbocycles. The third kappa shape index (κ3) is 2.76. The number of hydrogen-bond acceptors (Lipinski definition) is 5. The van der Waals surface area contributed by atoms with Crippen molar-refractivity contribution >= 4 is 39.1 Å². The van der Waals surface area contributed by atoms with Crippen LogP contribution in [0, 0.1) is 0 Å². The van der Waals surface area contributed by atoms with E-state index in [9.17, 15) is 9.59 Å². The number of carbonyl (C=O) groups is 2. The fraction of sp³-hybridized carbons (Fsp3) is 0.167. The normalized spacial score (nSPS) is 14.6. The van der Waals surface area contributed by atoms with Gasteiger partial charge in [-0.25, -0.2) is 4.98 Å². The standard InChI is InChI=1S/C18H14N2O3S/c21-17-9-10-18(22)20(17)12-5-7-13(8-6-12)23-11-16-19-14-3-1-2-4-15(14)24-16/h1-8H,9-11H2. The molecule has 120 valence electrons. The molecule has 3 aromatic rings. The number of fused-ring (bicyclic) bond motifs is 1. The number of benzene rings is 2. The minimum absolute atomic E-state index is 0.150. The first kappa shape index (κ1) is 14.8. The topological polar surface area (TPSA) is 59.5 Å². The second-order valence-electron chi connectivity index (χ2n) is 5.48. The van der Waals surface area contributed by atoms with Crippen molar-refractivity contribution in [2.75, 3.05) is 4.90 Å². The van der Waals surface area contributed by atoms with Gasteiger partial charge in [0.15, 0.2) is 0 Å². The Morgan fingerprint density at radius 2 is 1.71 bits per heavy atom. The average Bonchev–Trinajstić information content (AvgIpc) is 3.16. The van der Waals surface area contributed by atoms with Crippen molar-refractivity contribution in [3.05, 3.63) is 53.5 Å². The first-order valence-corrected chi connectivity index (χ1v) is 8.45. The number of ether oxygens (including phenoxy) is 1. The Balaban J connectivity index is 1.45. The summed E-state index contributed by atoms with van der Waals surface area (Å²) >= 11 is 1.61. The number of carbonyl (C=O) groups excluding carboxylic acids is 2. The van der Waals surface area contributed by atoms with Crippen molar-refractivity contribution in [3.8, 4) is 5.75 Å². The number of thiazole rings is 1. The van der Waals surface area contributed by atoms with E-state index in [-0.39, 0.29) is 24.7 Å². The number of nitrogens with zero attached hydrogens (tertiary/aromatic N) is 2. The van der Waals surface area contributed by atoms with Crippen LogP contribution in [0.1, 0.15) is 17.8 Å². The average molecular weight is 338 g/mol. The SMILES string of the molecule is O=C1CCC(=O)N1c1ccc(OCc2nc3ccccc3s2)cc1. The van der Waals surface area contributed by atoms with Gasteiger partial charge in [0.2, 0.25) is 11.8 Å². The molecule has 24 heavy (non-hydrogen) atoms. The summed E-state index contributed by atoms with van der Waals surface area (Å²) in [5.41, 5.74) is 1.57. The molecular formula is C18H14N2O3S. The van der Waals surface area contributed by atoms with Crippen LogP contribution in [0.25, 0.3) is 10.2 Å². The van der Waals surface area contributed by atoms with E-state index in [0.29, 0.717) is 18.0 Å². The van der Waals surface area contributed by atoms with Gasteiger partial charge in [-0.3, -0.25) is 14.5 Å². The van der Waals surface area contributed by atoms with Crippen molar-refractivity contribution < 1.29 is 14.3 Å². The monoisotopic (exact) mass is 338 g/mol. The highest BCUT2D eigenvalue weighted by atomic mass is 32.1. The van der Waals surface area contributed by atoms with Gasteiger partial charge in [0, 0.05) is 12.8 Å². The van der Waals surface area contributed by atoms with E-state index >= 15 is 0 Å². The Morgan fingerprint density at radius 1 is 1.00 bits per heavy atom. The van der Waals surface area contributed by atoms with E-state index in [1.54, 1.807) is 35.6 Å². The number of imide groups is 1. The summed E-state index contributed by atoms with van der Waals surface area (Å²) in [4.78, 5) is 29.2. The van der Waals surface area contributed by atoms with Gasteiger partial charge < -0.3 is 4.74 Å². The van der Waals surface area contributed by atoms with Crippen LogP contribution in [0.3, 0.4) is 0 Å². The minimum atomic E-state index is -0.150. The van der Waals surface area contributed by atoms with Crippen LogP contribution in [0.4, 0.5) is 5.69 Å². The summed E-state index contributed by atoms with van der Waals surface area (Å²) in [6.45, 7) is 0.389. The molecule has 0 saturated carbocycles. The van der Waals surface area contributed by atoms with Crippen LogP contribution in [-0.4, -0.2) is 16.8 Å². The molecular weight excluding hydrogens is 324 g/mol. The van der Waals surface area contributed by atoms with Crippen LogP contribution >= 0.6 is 11.3 Å². The van der Waals surface area contributed by atoms with E-state index < -0.39 is 0 Å². The molecule has 6 heteroatoms. The Labute approximate surface area is 142 Å². The van der Waals surface area contributed by atoms with Crippen LogP contribution in [0.15, 0.2) is 48.5 Å². The minimum Gasteiger partial charge on any atom is -0.486 e. The summed E-state index contributed by atoms with van der Waals surface area (Å²) < 4.78 is 6.89. The number of aromatic nitrogens is 1. The maximum Gasteiger partial charge on any atom is 0.234 e. The zero-order valence-electron chi connectivity index (χ0n) is 12.8. The Morgan fingerprint density at radius 3 is 2.42 bits per heavy atom. The summed E-state index contributed by atoms with van der Waals surface area (Å²) in [5.74, 6) is 0.378. The smallest absolute Gasteiger partial charge is 0.234 e. The highest BCUT2D eigenvalue weighted by molar-refractivity contribution is 7.18. The maximum absolute atomic E-state index is 11.7. The second-order valence-corrected chi connectivity index (χ2v) is 6.60. The fourth-order valence-electron chi connectivity index (χ4n) is 2.68. The third-order valence-electron chi connectivity index (χ3n) is 3.85. The molecule has 1 aliphatic rings. The van der Waals surface area contributed by atoms with Gasteiger partial charge >= 0.3 is 0 Å². The van der Waals surface area contributed by atoms with Crippen molar-refractivity contribution in [3.63, 3.8) is 0 Å². The lowest BCUT2D eigenvalue weighted by Crippen LogP contribution is -2.28. The predicted octanol–water partition coefficient (Wildman–Crippen LogP) is 3.53. The number of rotatable bonds is 4. The Kier molecular flexibility index (Phi) is 3.74. The van der Waals surface area contributed by atoms with Crippen molar-refractivity contribution in [2.24, 2.45) is 0 Å². The zero-order chi connectivity index (χ0) is 16.5. The van der Waals surface area contributed by atoms with E-state index in [2.05, 4.69) is 4.98 Å². The van der Waals surface area contributed by atoms with Crippen LogP contribution in [0.5, 0.6) is 5.75 Å². The zero-order valence-corrected chi connectivity index (χ0v) is 13.6. The Bertz CT molecular complexity index is 868. The van der Waals surface area contributed by atoms with Gasteiger partial charge in [-0.1, -0.05) is 12.1 Å². The molecule has 1 aromatic heterocycles. The lowest BCUT2D eigenvalue weighted by Gasteiger charge is -2.14. The molecule has 1 fully saturated rings. The van der Waals surface area contributed by atoms with Gasteiger partial charge in [0.25, 0.3) is 0 Å². The molecule has 1 aliphatic heterocycles. The van der Waals surface area contributed by atoms with Gasteiger partial charge in [0.05, 0.1) is 15.9 Å². The van der Waals surface area contributed by atoms with Crippen molar-refractivity contribution in [2.45, 2.75) is 19.4 Å². The lowest BCUT2D eigenvalue weighted by molar-refractivity contribution is -0.121. The summed E-state index contributed by atoms with van der Waals surface area (Å²) in [7, 11) is 0. The largest absolute Gasteiger partial charge is 0.486 e. The van der Waals surface area contributed by atoms with E-state index in [1.165, 1.54) is 4.90 Å². The first-order chi connectivity index (χ1) is 11.7. The highest BCUT2D eigenvalue weighted by Gasteiger charge is 2.30. The van der Waals surface area contributed by atoms with Crippen LogP contribution in [-0.2, 0) is 16.2 Å². The molecule has 4 rings (SSSR count). The van der Waals surface area contributed by atoms with Gasteiger partial charge in [-0.2, -0.15) is 0 Å². The number of hydrogen-bond donors (Lipinski definition) is 0. The third-order valence-corrected chi connectivity index (χ3v) is 4.86. The van der Waals surface area contributed by atoms with Gasteiger partial charge in [0.1, 0.15) is 17.4 Å². The van der Waals surface area contributed by atoms with E-state index in [4.69, 9.17) is 4.74 Å². The highest BCUT2D eigenvalue weighted by Crippen LogP contribution is 2.26. The molecule has 0 unspecified atom stereocenters.